The van der Waals surface area contributed by atoms with Crippen molar-refractivity contribution in [3.05, 3.63) is 35.2 Å². The van der Waals surface area contributed by atoms with Gasteiger partial charge in [0.05, 0.1) is 0 Å². The molecule has 7 heteroatoms. The zero-order chi connectivity index (χ0) is 17.5. The summed E-state index contributed by atoms with van der Waals surface area (Å²) in [5, 5.41) is 11.2. The van der Waals surface area contributed by atoms with Gasteiger partial charge in [-0.15, -0.1) is 0 Å². The Balaban J connectivity index is 1.87. The quantitative estimate of drug-likeness (QED) is 0.619. The number of rotatable bonds is 6. The van der Waals surface area contributed by atoms with Crippen molar-refractivity contribution in [3.8, 4) is 11.4 Å². The number of hydrogen-bond donors (Lipinski definition) is 2. The number of aliphatic imine (C=N–C) groups is 1. The highest BCUT2D eigenvalue weighted by atomic mass is 35.5. The molecule has 2 rings (SSSR count). The van der Waals surface area contributed by atoms with Gasteiger partial charge in [-0.1, -0.05) is 42.7 Å². The summed E-state index contributed by atoms with van der Waals surface area (Å²) in [7, 11) is 1.76. The van der Waals surface area contributed by atoms with Gasteiger partial charge in [-0.25, -0.2) is 0 Å². The molecule has 1 aromatic heterocycles. The SMILES string of the molecule is CN=C(NCCc1nc(-c2cccc(Cl)c2)no1)NC(C)C(C)C. The third-order valence-electron chi connectivity index (χ3n) is 3.77. The molecule has 0 radical (unpaired) electrons. The number of nitrogens with zero attached hydrogens (tertiary/aromatic N) is 3. The van der Waals surface area contributed by atoms with E-state index in [2.05, 4.69) is 46.5 Å². The van der Waals surface area contributed by atoms with E-state index in [4.69, 9.17) is 16.1 Å². The van der Waals surface area contributed by atoms with E-state index in [1.807, 2.05) is 24.3 Å². The smallest absolute Gasteiger partial charge is 0.228 e. The molecule has 1 unspecified atom stereocenters. The number of nitrogens with one attached hydrogen (secondary N) is 2. The van der Waals surface area contributed by atoms with Gasteiger partial charge in [-0.05, 0) is 25.0 Å². The minimum Gasteiger partial charge on any atom is -0.356 e. The van der Waals surface area contributed by atoms with Crippen LogP contribution in [0.5, 0.6) is 0 Å². The van der Waals surface area contributed by atoms with Gasteiger partial charge in [0, 0.05) is 36.6 Å². The molecular weight excluding hydrogens is 326 g/mol. The average Bonchev–Trinajstić information content (AvgIpc) is 3.02. The number of halogens is 1. The molecule has 0 aliphatic carbocycles. The van der Waals surface area contributed by atoms with Gasteiger partial charge in [0.2, 0.25) is 11.7 Å². The molecule has 1 heterocycles. The fourth-order valence-electron chi connectivity index (χ4n) is 1.97. The number of benzene rings is 1. The topological polar surface area (TPSA) is 75.3 Å². The minimum absolute atomic E-state index is 0.342. The van der Waals surface area contributed by atoms with Gasteiger partial charge in [0.25, 0.3) is 0 Å². The molecule has 0 saturated carbocycles. The van der Waals surface area contributed by atoms with E-state index >= 15 is 0 Å². The normalized spacial score (nSPS) is 13.2. The van der Waals surface area contributed by atoms with Crippen molar-refractivity contribution < 1.29 is 4.52 Å². The Hall–Kier alpha value is -2.08. The zero-order valence-corrected chi connectivity index (χ0v) is 15.3. The first kappa shape index (κ1) is 18.3. The maximum atomic E-state index is 5.98. The van der Waals surface area contributed by atoms with Crippen LogP contribution in [0.3, 0.4) is 0 Å². The van der Waals surface area contributed by atoms with Gasteiger partial charge < -0.3 is 15.2 Å². The second-order valence-corrected chi connectivity index (χ2v) is 6.38. The first-order valence-electron chi connectivity index (χ1n) is 8.05. The van der Waals surface area contributed by atoms with E-state index in [-0.39, 0.29) is 0 Å². The lowest BCUT2D eigenvalue weighted by molar-refractivity contribution is 0.378. The largest absolute Gasteiger partial charge is 0.356 e. The highest BCUT2D eigenvalue weighted by molar-refractivity contribution is 6.30. The summed E-state index contributed by atoms with van der Waals surface area (Å²) in [4.78, 5) is 8.61. The second-order valence-electron chi connectivity index (χ2n) is 5.95. The third-order valence-corrected chi connectivity index (χ3v) is 4.01. The molecule has 2 aromatic rings. The molecule has 0 bridgehead atoms. The maximum Gasteiger partial charge on any atom is 0.228 e. The molecule has 0 aliphatic rings. The van der Waals surface area contributed by atoms with E-state index in [1.165, 1.54) is 0 Å². The lowest BCUT2D eigenvalue weighted by atomic mass is 10.1. The van der Waals surface area contributed by atoms with Crippen LogP contribution in [0.25, 0.3) is 11.4 Å². The van der Waals surface area contributed by atoms with Crippen LogP contribution in [0.2, 0.25) is 5.02 Å². The summed E-state index contributed by atoms with van der Waals surface area (Å²) < 4.78 is 5.29. The van der Waals surface area contributed by atoms with Crippen LogP contribution in [0, 0.1) is 5.92 Å². The van der Waals surface area contributed by atoms with E-state index in [0.29, 0.717) is 41.7 Å². The molecule has 6 nitrogen and oxygen atoms in total. The van der Waals surface area contributed by atoms with Crippen molar-refractivity contribution in [1.82, 2.24) is 20.8 Å². The number of aromatic nitrogens is 2. The summed E-state index contributed by atoms with van der Waals surface area (Å²) in [5.41, 5.74) is 0.841. The zero-order valence-electron chi connectivity index (χ0n) is 14.5. The second kappa shape index (κ2) is 8.68. The van der Waals surface area contributed by atoms with Gasteiger partial charge in [-0.2, -0.15) is 4.98 Å². The lowest BCUT2D eigenvalue weighted by Crippen LogP contribution is -2.44. The average molecular weight is 350 g/mol. The Bertz CT molecular complexity index is 683. The van der Waals surface area contributed by atoms with Crippen LogP contribution < -0.4 is 10.6 Å². The maximum absolute atomic E-state index is 5.98. The van der Waals surface area contributed by atoms with Gasteiger partial charge in [-0.3, -0.25) is 4.99 Å². The Morgan fingerprint density at radius 2 is 2.12 bits per heavy atom. The Labute approximate surface area is 147 Å². The Morgan fingerprint density at radius 1 is 1.33 bits per heavy atom. The van der Waals surface area contributed by atoms with Crippen LogP contribution in [0.15, 0.2) is 33.8 Å². The van der Waals surface area contributed by atoms with E-state index in [9.17, 15) is 0 Å². The molecule has 1 atom stereocenters. The first-order valence-corrected chi connectivity index (χ1v) is 8.43. The molecule has 2 N–H and O–H groups in total. The van der Waals surface area contributed by atoms with Crippen LogP contribution in [-0.4, -0.2) is 35.7 Å². The molecule has 0 amide bonds. The minimum atomic E-state index is 0.342. The van der Waals surface area contributed by atoms with Gasteiger partial charge in [0.15, 0.2) is 5.96 Å². The monoisotopic (exact) mass is 349 g/mol. The van der Waals surface area contributed by atoms with Crippen LogP contribution in [0.1, 0.15) is 26.7 Å². The van der Waals surface area contributed by atoms with E-state index in [1.54, 1.807) is 7.05 Å². The summed E-state index contributed by atoms with van der Waals surface area (Å²) >= 11 is 5.98. The summed E-state index contributed by atoms with van der Waals surface area (Å²) in [6, 6.07) is 7.73. The van der Waals surface area contributed by atoms with Gasteiger partial charge >= 0.3 is 0 Å². The Kier molecular flexibility index (Phi) is 6.61. The number of guanidine groups is 1. The van der Waals surface area contributed by atoms with Crippen molar-refractivity contribution >= 4 is 17.6 Å². The van der Waals surface area contributed by atoms with E-state index in [0.717, 1.165) is 11.5 Å². The van der Waals surface area contributed by atoms with Crippen LogP contribution in [0.4, 0.5) is 0 Å². The van der Waals surface area contributed by atoms with E-state index < -0.39 is 0 Å². The van der Waals surface area contributed by atoms with Crippen molar-refractivity contribution in [2.24, 2.45) is 10.9 Å². The highest BCUT2D eigenvalue weighted by Crippen LogP contribution is 2.19. The standard InChI is InChI=1S/C17H24ClN5O/c1-11(2)12(3)21-17(19-4)20-9-8-15-22-16(23-24-15)13-6-5-7-14(18)10-13/h5-7,10-12H,8-9H2,1-4H3,(H2,19,20,21). The number of hydrogen-bond acceptors (Lipinski definition) is 4. The van der Waals surface area contributed by atoms with Crippen LogP contribution >= 0.6 is 11.6 Å². The molecule has 130 valence electrons. The Morgan fingerprint density at radius 3 is 2.79 bits per heavy atom. The molecule has 0 aliphatic heterocycles. The molecular formula is C17H24ClN5O. The van der Waals surface area contributed by atoms with Crippen molar-refractivity contribution in [1.29, 1.82) is 0 Å². The van der Waals surface area contributed by atoms with Crippen LogP contribution in [-0.2, 0) is 6.42 Å². The molecule has 0 spiro atoms. The molecule has 0 fully saturated rings. The highest BCUT2D eigenvalue weighted by Gasteiger charge is 2.11. The fourth-order valence-corrected chi connectivity index (χ4v) is 2.16. The van der Waals surface area contributed by atoms with Gasteiger partial charge in [0.1, 0.15) is 0 Å². The molecule has 0 saturated heterocycles. The predicted molar refractivity (Wildman–Crippen MR) is 97.2 cm³/mol. The summed E-state index contributed by atoms with van der Waals surface area (Å²) in [6.45, 7) is 7.12. The third kappa shape index (κ3) is 5.23. The first-order chi connectivity index (χ1) is 11.5. The predicted octanol–water partition coefficient (Wildman–Crippen LogP) is 3.14. The lowest BCUT2D eigenvalue weighted by Gasteiger charge is -2.20. The van der Waals surface area contributed by atoms with Crippen molar-refractivity contribution in [3.63, 3.8) is 0 Å². The molecule has 24 heavy (non-hydrogen) atoms. The molecule has 1 aromatic carbocycles. The van der Waals surface area contributed by atoms with Crippen molar-refractivity contribution in [2.75, 3.05) is 13.6 Å². The summed E-state index contributed by atoms with van der Waals surface area (Å²) in [6.07, 6.45) is 0.615. The fraction of sp³-hybridized carbons (Fsp3) is 0.471. The van der Waals surface area contributed by atoms with Crippen molar-refractivity contribution in [2.45, 2.75) is 33.2 Å². The summed E-state index contributed by atoms with van der Waals surface area (Å²) in [5.74, 6) is 2.42.